The van der Waals surface area contributed by atoms with Gasteiger partial charge in [-0.1, -0.05) is 27.7 Å². The molecule has 0 aliphatic heterocycles. The van der Waals surface area contributed by atoms with Gasteiger partial charge in [-0.3, -0.25) is 5.43 Å². The van der Waals surface area contributed by atoms with Gasteiger partial charge in [0.15, 0.2) is 5.82 Å². The quantitative estimate of drug-likeness (QED) is 0.584. The standard InChI is InChI=1S/C6H8N4.2C2H6/c1-5-3-8-4-9-6(5)10-7-2;2*1-2/h3-4H,2H2,1H3,(H,8,9,10);2*1-2H3. The summed E-state index contributed by atoms with van der Waals surface area (Å²) in [6, 6.07) is 0. The summed E-state index contributed by atoms with van der Waals surface area (Å²) in [6.07, 6.45) is 3.17. The molecule has 1 rings (SSSR count). The molecular formula is C10H20N4. The molecule has 1 heterocycles. The predicted octanol–water partition coefficient (Wildman–Crippen LogP) is 2.86. The molecule has 1 N–H and O–H groups in total. The summed E-state index contributed by atoms with van der Waals surface area (Å²) >= 11 is 0. The molecule has 1 aromatic rings. The summed E-state index contributed by atoms with van der Waals surface area (Å²) in [7, 11) is 0. The number of nitrogens with one attached hydrogen (secondary N) is 1. The molecule has 0 bridgehead atoms. The lowest BCUT2D eigenvalue weighted by molar-refractivity contribution is 1.11. The first-order valence-corrected chi connectivity index (χ1v) is 4.83. The van der Waals surface area contributed by atoms with Gasteiger partial charge in [-0.05, 0) is 6.92 Å². The molecule has 0 aliphatic carbocycles. The maximum atomic E-state index is 3.91. The van der Waals surface area contributed by atoms with Crippen molar-refractivity contribution < 1.29 is 0 Å². The number of nitrogens with zero attached hydrogens (tertiary/aromatic N) is 3. The molecule has 0 amide bonds. The fourth-order valence-electron chi connectivity index (χ4n) is 0.591. The van der Waals surface area contributed by atoms with Gasteiger partial charge in [-0.2, -0.15) is 5.10 Å². The van der Waals surface area contributed by atoms with Gasteiger partial charge in [-0.25, -0.2) is 9.97 Å². The Kier molecular flexibility index (Phi) is 12.4. The molecule has 4 heteroatoms. The molecule has 80 valence electrons. The molecule has 1 aromatic heterocycles. The average Bonchev–Trinajstić information content (AvgIpc) is 2.28. The van der Waals surface area contributed by atoms with E-state index in [2.05, 4.69) is 27.2 Å². The first-order chi connectivity index (χ1) is 6.84. The minimum Gasteiger partial charge on any atom is -0.262 e. The van der Waals surface area contributed by atoms with Crippen LogP contribution in [0.5, 0.6) is 0 Å². The van der Waals surface area contributed by atoms with Crippen LogP contribution in [0.25, 0.3) is 0 Å². The van der Waals surface area contributed by atoms with Crippen LogP contribution >= 0.6 is 0 Å². The van der Waals surface area contributed by atoms with Gasteiger partial charge < -0.3 is 0 Å². The average molecular weight is 196 g/mol. The summed E-state index contributed by atoms with van der Waals surface area (Å²) in [5.74, 6) is 0.699. The lowest BCUT2D eigenvalue weighted by atomic mass is 10.4. The van der Waals surface area contributed by atoms with Crippen molar-refractivity contribution >= 4 is 12.5 Å². The third-order valence-electron chi connectivity index (χ3n) is 1.08. The maximum Gasteiger partial charge on any atom is 0.152 e. The van der Waals surface area contributed by atoms with Gasteiger partial charge in [-0.15, -0.1) is 0 Å². The Morgan fingerprint density at radius 1 is 1.29 bits per heavy atom. The Hall–Kier alpha value is -1.45. The SMILES string of the molecule is C=NNc1ncncc1C.CC.CC. The van der Waals surface area contributed by atoms with Crippen molar-refractivity contribution in [2.45, 2.75) is 34.6 Å². The zero-order chi connectivity index (χ0) is 11.4. The van der Waals surface area contributed by atoms with Crippen LogP contribution in [0.2, 0.25) is 0 Å². The van der Waals surface area contributed by atoms with Crippen LogP contribution in [0.4, 0.5) is 5.82 Å². The van der Waals surface area contributed by atoms with Gasteiger partial charge in [0.1, 0.15) is 6.33 Å². The van der Waals surface area contributed by atoms with E-state index < -0.39 is 0 Å². The zero-order valence-corrected chi connectivity index (χ0v) is 9.70. The Balaban J connectivity index is 0. The number of hydrogen-bond donors (Lipinski definition) is 1. The van der Waals surface area contributed by atoms with Gasteiger partial charge >= 0.3 is 0 Å². The van der Waals surface area contributed by atoms with E-state index in [0.717, 1.165) is 5.56 Å². The topological polar surface area (TPSA) is 50.2 Å². The third kappa shape index (κ3) is 6.11. The van der Waals surface area contributed by atoms with Gasteiger partial charge in [0.2, 0.25) is 0 Å². The van der Waals surface area contributed by atoms with Crippen LogP contribution in [0.1, 0.15) is 33.3 Å². The predicted molar refractivity (Wildman–Crippen MR) is 62.6 cm³/mol. The van der Waals surface area contributed by atoms with E-state index in [-0.39, 0.29) is 0 Å². The normalized spacial score (nSPS) is 7.21. The number of aryl methyl sites for hydroxylation is 1. The van der Waals surface area contributed by atoms with Crippen molar-refractivity contribution in [3.05, 3.63) is 18.1 Å². The van der Waals surface area contributed by atoms with E-state index in [1.165, 1.54) is 6.33 Å². The highest BCUT2D eigenvalue weighted by Crippen LogP contribution is 2.05. The van der Waals surface area contributed by atoms with E-state index in [0.29, 0.717) is 5.82 Å². The Labute approximate surface area is 86.5 Å². The molecule has 0 aliphatic rings. The zero-order valence-electron chi connectivity index (χ0n) is 9.70. The van der Waals surface area contributed by atoms with Gasteiger partial charge in [0.05, 0.1) is 0 Å². The summed E-state index contributed by atoms with van der Waals surface area (Å²) in [6.45, 7) is 13.2. The second-order valence-corrected chi connectivity index (χ2v) is 1.82. The summed E-state index contributed by atoms with van der Waals surface area (Å²) < 4.78 is 0. The highest BCUT2D eigenvalue weighted by atomic mass is 15.3. The van der Waals surface area contributed by atoms with Crippen molar-refractivity contribution in [1.82, 2.24) is 9.97 Å². The maximum absolute atomic E-state index is 3.91. The van der Waals surface area contributed by atoms with E-state index in [1.54, 1.807) is 6.20 Å². The van der Waals surface area contributed by atoms with Gasteiger partial charge in [0.25, 0.3) is 0 Å². The Bertz CT molecular complexity index is 235. The number of anilines is 1. The van der Waals surface area contributed by atoms with Gasteiger partial charge in [0, 0.05) is 18.5 Å². The summed E-state index contributed by atoms with van der Waals surface area (Å²) in [5.41, 5.74) is 3.59. The van der Waals surface area contributed by atoms with Crippen LogP contribution < -0.4 is 5.43 Å². The minimum atomic E-state index is 0.699. The first-order valence-electron chi connectivity index (χ1n) is 4.83. The number of hydrogen-bond acceptors (Lipinski definition) is 4. The second-order valence-electron chi connectivity index (χ2n) is 1.82. The van der Waals surface area contributed by atoms with E-state index in [1.807, 2.05) is 34.6 Å². The molecule has 0 saturated carbocycles. The second kappa shape index (κ2) is 11.6. The molecule has 0 radical (unpaired) electrons. The lowest BCUT2D eigenvalue weighted by Crippen LogP contribution is -1.94. The Morgan fingerprint density at radius 3 is 2.29 bits per heavy atom. The number of rotatable bonds is 2. The van der Waals surface area contributed by atoms with E-state index in [9.17, 15) is 0 Å². The summed E-state index contributed by atoms with van der Waals surface area (Å²) in [4.78, 5) is 7.73. The van der Waals surface area contributed by atoms with Crippen LogP contribution in [0, 0.1) is 6.92 Å². The van der Waals surface area contributed by atoms with Crippen LogP contribution in [0.3, 0.4) is 0 Å². The van der Waals surface area contributed by atoms with E-state index in [4.69, 9.17) is 0 Å². The van der Waals surface area contributed by atoms with Crippen molar-refractivity contribution in [3.63, 3.8) is 0 Å². The molecule has 0 saturated heterocycles. The fraction of sp³-hybridized carbons (Fsp3) is 0.500. The monoisotopic (exact) mass is 196 g/mol. The van der Waals surface area contributed by atoms with Crippen molar-refractivity contribution in [2.24, 2.45) is 5.10 Å². The van der Waals surface area contributed by atoms with Crippen LogP contribution in [0.15, 0.2) is 17.6 Å². The molecule has 0 atom stereocenters. The highest BCUT2D eigenvalue weighted by Gasteiger charge is 1.93. The molecule has 0 unspecified atom stereocenters. The smallest absolute Gasteiger partial charge is 0.152 e. The molecule has 0 fully saturated rings. The first kappa shape index (κ1) is 15.0. The fourth-order valence-corrected chi connectivity index (χ4v) is 0.591. The largest absolute Gasteiger partial charge is 0.262 e. The van der Waals surface area contributed by atoms with Crippen LogP contribution in [-0.2, 0) is 0 Å². The molecule has 14 heavy (non-hydrogen) atoms. The molecule has 0 spiro atoms. The number of aromatic nitrogens is 2. The minimum absolute atomic E-state index is 0.699. The molecule has 0 aromatic carbocycles. The third-order valence-corrected chi connectivity index (χ3v) is 1.08. The highest BCUT2D eigenvalue weighted by molar-refractivity contribution is 5.42. The van der Waals surface area contributed by atoms with Crippen molar-refractivity contribution in [3.8, 4) is 0 Å². The lowest BCUT2D eigenvalue weighted by Gasteiger charge is -1.99. The van der Waals surface area contributed by atoms with Crippen molar-refractivity contribution in [2.75, 3.05) is 5.43 Å². The number of hydrazone groups is 1. The Morgan fingerprint density at radius 2 is 1.86 bits per heavy atom. The van der Waals surface area contributed by atoms with Crippen molar-refractivity contribution in [1.29, 1.82) is 0 Å². The molecular weight excluding hydrogens is 176 g/mol. The molecule has 4 nitrogen and oxygen atoms in total. The summed E-state index contributed by atoms with van der Waals surface area (Å²) in [5, 5.41) is 3.48. The van der Waals surface area contributed by atoms with E-state index >= 15 is 0 Å². The van der Waals surface area contributed by atoms with Crippen LogP contribution in [-0.4, -0.2) is 16.7 Å².